The second-order valence-corrected chi connectivity index (χ2v) is 5.60. The highest BCUT2D eigenvalue weighted by Gasteiger charge is 2.15. The maximum Gasteiger partial charge on any atom is 0.244 e. The third kappa shape index (κ3) is 3.68. The molecular weight excluding hydrogens is 306 g/mol. The normalized spacial score (nSPS) is 12.1. The summed E-state index contributed by atoms with van der Waals surface area (Å²) in [4.78, 5) is 20.3. The minimum absolute atomic E-state index is 0.109. The standard InChI is InChI=1S/C17H19N5O2/c1-12-3-5-14(6-4-12)17-21-15(9-24-17)7-8-19-16(23)13(2)22-11-18-10-20-22/h3-6,9-11,13H,7-8H2,1-2H3,(H,19,23). The highest BCUT2D eigenvalue weighted by atomic mass is 16.3. The molecule has 0 spiro atoms. The van der Waals surface area contributed by atoms with Crippen LogP contribution >= 0.6 is 0 Å². The zero-order valence-corrected chi connectivity index (χ0v) is 13.6. The van der Waals surface area contributed by atoms with E-state index in [-0.39, 0.29) is 5.91 Å². The first-order valence-electron chi connectivity index (χ1n) is 7.77. The fourth-order valence-electron chi connectivity index (χ4n) is 2.25. The molecule has 1 atom stereocenters. The van der Waals surface area contributed by atoms with E-state index in [1.807, 2.05) is 31.2 Å². The van der Waals surface area contributed by atoms with Crippen molar-refractivity contribution >= 4 is 5.91 Å². The number of nitrogens with one attached hydrogen (secondary N) is 1. The first kappa shape index (κ1) is 15.9. The minimum atomic E-state index is -0.395. The number of benzene rings is 1. The van der Waals surface area contributed by atoms with Crippen LogP contribution in [0.4, 0.5) is 0 Å². The monoisotopic (exact) mass is 325 g/mol. The van der Waals surface area contributed by atoms with Gasteiger partial charge in [0.15, 0.2) is 0 Å². The Hall–Kier alpha value is -2.96. The number of aromatic nitrogens is 4. The van der Waals surface area contributed by atoms with Crippen molar-refractivity contribution in [3.05, 3.63) is 54.4 Å². The van der Waals surface area contributed by atoms with E-state index >= 15 is 0 Å². The molecule has 0 aliphatic carbocycles. The number of aryl methyl sites for hydroxylation is 1. The van der Waals surface area contributed by atoms with E-state index < -0.39 is 6.04 Å². The van der Waals surface area contributed by atoms with Crippen LogP contribution in [0, 0.1) is 6.92 Å². The van der Waals surface area contributed by atoms with E-state index in [2.05, 4.69) is 20.4 Å². The molecule has 0 radical (unpaired) electrons. The minimum Gasteiger partial charge on any atom is -0.444 e. The fourth-order valence-corrected chi connectivity index (χ4v) is 2.25. The average Bonchev–Trinajstić information content (AvgIpc) is 3.26. The lowest BCUT2D eigenvalue weighted by Gasteiger charge is -2.11. The van der Waals surface area contributed by atoms with Crippen LogP contribution in [0.3, 0.4) is 0 Å². The number of oxazole rings is 1. The summed E-state index contributed by atoms with van der Waals surface area (Å²) in [5.74, 6) is 0.482. The Bertz CT molecular complexity index is 793. The number of nitrogens with zero attached hydrogens (tertiary/aromatic N) is 4. The molecule has 2 heterocycles. The van der Waals surface area contributed by atoms with Gasteiger partial charge in [-0.15, -0.1) is 0 Å². The van der Waals surface area contributed by atoms with E-state index in [1.165, 1.54) is 22.9 Å². The Morgan fingerprint density at radius 1 is 1.33 bits per heavy atom. The lowest BCUT2D eigenvalue weighted by Crippen LogP contribution is -2.32. The van der Waals surface area contributed by atoms with Crippen molar-refractivity contribution in [3.63, 3.8) is 0 Å². The highest BCUT2D eigenvalue weighted by molar-refractivity contribution is 5.79. The summed E-state index contributed by atoms with van der Waals surface area (Å²) in [5.41, 5.74) is 2.93. The number of rotatable bonds is 6. The summed E-state index contributed by atoms with van der Waals surface area (Å²) in [6.07, 6.45) is 5.16. The summed E-state index contributed by atoms with van der Waals surface area (Å²) in [7, 11) is 0. The molecule has 1 unspecified atom stereocenters. The van der Waals surface area contributed by atoms with Gasteiger partial charge in [-0.1, -0.05) is 17.7 Å². The molecule has 3 aromatic rings. The Balaban J connectivity index is 1.52. The summed E-state index contributed by atoms with van der Waals surface area (Å²) < 4.78 is 7.02. The maximum absolute atomic E-state index is 12.0. The molecule has 0 aliphatic heterocycles. The summed E-state index contributed by atoms with van der Waals surface area (Å²) in [6, 6.07) is 7.60. The molecule has 0 fully saturated rings. The van der Waals surface area contributed by atoms with Crippen LogP contribution in [0.1, 0.15) is 24.2 Å². The third-order valence-corrected chi connectivity index (χ3v) is 3.74. The van der Waals surface area contributed by atoms with Crippen molar-refractivity contribution in [1.82, 2.24) is 25.1 Å². The van der Waals surface area contributed by atoms with Crippen LogP contribution < -0.4 is 5.32 Å². The van der Waals surface area contributed by atoms with Gasteiger partial charge in [-0.05, 0) is 26.0 Å². The van der Waals surface area contributed by atoms with Gasteiger partial charge < -0.3 is 9.73 Å². The van der Waals surface area contributed by atoms with Gasteiger partial charge >= 0.3 is 0 Å². The highest BCUT2D eigenvalue weighted by Crippen LogP contribution is 2.19. The van der Waals surface area contributed by atoms with Gasteiger partial charge in [0, 0.05) is 18.5 Å². The fraction of sp³-hybridized carbons (Fsp3) is 0.294. The number of hydrogen-bond acceptors (Lipinski definition) is 5. The number of amides is 1. The van der Waals surface area contributed by atoms with Gasteiger partial charge in [-0.25, -0.2) is 14.6 Å². The SMILES string of the molecule is Cc1ccc(-c2nc(CCNC(=O)C(C)n3cncn3)co2)cc1. The Labute approximate surface area is 139 Å². The van der Waals surface area contributed by atoms with Crippen molar-refractivity contribution in [3.8, 4) is 11.5 Å². The van der Waals surface area contributed by atoms with Crippen molar-refractivity contribution in [2.24, 2.45) is 0 Å². The number of carbonyl (C=O) groups is 1. The molecule has 3 rings (SSSR count). The van der Waals surface area contributed by atoms with Crippen LogP contribution in [0.25, 0.3) is 11.5 Å². The average molecular weight is 325 g/mol. The summed E-state index contributed by atoms with van der Waals surface area (Å²) >= 11 is 0. The predicted octanol–water partition coefficient (Wildman–Crippen LogP) is 2.16. The van der Waals surface area contributed by atoms with Gasteiger partial charge in [0.1, 0.15) is 25.0 Å². The van der Waals surface area contributed by atoms with Gasteiger partial charge in [0.2, 0.25) is 11.8 Å². The first-order chi connectivity index (χ1) is 11.6. The third-order valence-electron chi connectivity index (χ3n) is 3.74. The molecule has 0 aliphatic rings. The van der Waals surface area contributed by atoms with E-state index in [0.717, 1.165) is 11.3 Å². The molecule has 7 nitrogen and oxygen atoms in total. The van der Waals surface area contributed by atoms with Crippen LogP contribution in [-0.4, -0.2) is 32.2 Å². The second-order valence-electron chi connectivity index (χ2n) is 5.60. The van der Waals surface area contributed by atoms with Gasteiger partial charge in [-0.2, -0.15) is 5.10 Å². The first-order valence-corrected chi connectivity index (χ1v) is 7.77. The van der Waals surface area contributed by atoms with Crippen LogP contribution in [0.2, 0.25) is 0 Å². The van der Waals surface area contributed by atoms with Crippen molar-refractivity contribution in [2.75, 3.05) is 6.54 Å². The van der Waals surface area contributed by atoms with E-state index in [9.17, 15) is 4.79 Å². The number of hydrogen-bond donors (Lipinski definition) is 1. The van der Waals surface area contributed by atoms with Gasteiger partial charge in [0.05, 0.1) is 5.69 Å². The lowest BCUT2D eigenvalue weighted by molar-refractivity contribution is -0.124. The molecule has 0 bridgehead atoms. The van der Waals surface area contributed by atoms with Crippen LogP contribution in [0.5, 0.6) is 0 Å². The topological polar surface area (TPSA) is 85.8 Å². The van der Waals surface area contributed by atoms with E-state index in [1.54, 1.807) is 13.2 Å². The van der Waals surface area contributed by atoms with Crippen molar-refractivity contribution < 1.29 is 9.21 Å². The van der Waals surface area contributed by atoms with Crippen LogP contribution in [0.15, 0.2) is 47.6 Å². The molecule has 0 saturated heterocycles. The Kier molecular flexibility index (Phi) is 4.69. The zero-order chi connectivity index (χ0) is 16.9. The van der Waals surface area contributed by atoms with Crippen molar-refractivity contribution in [2.45, 2.75) is 26.3 Å². The molecule has 2 aromatic heterocycles. The van der Waals surface area contributed by atoms with E-state index in [0.29, 0.717) is 18.9 Å². The molecule has 24 heavy (non-hydrogen) atoms. The smallest absolute Gasteiger partial charge is 0.244 e. The molecule has 0 saturated carbocycles. The molecule has 7 heteroatoms. The van der Waals surface area contributed by atoms with Crippen molar-refractivity contribution in [1.29, 1.82) is 0 Å². The van der Waals surface area contributed by atoms with Gasteiger partial charge in [0.25, 0.3) is 0 Å². The predicted molar refractivity (Wildman–Crippen MR) is 88.1 cm³/mol. The Morgan fingerprint density at radius 3 is 2.83 bits per heavy atom. The van der Waals surface area contributed by atoms with Gasteiger partial charge in [-0.3, -0.25) is 4.79 Å². The molecular formula is C17H19N5O2. The zero-order valence-electron chi connectivity index (χ0n) is 13.6. The quantitative estimate of drug-likeness (QED) is 0.750. The Morgan fingerprint density at radius 2 is 2.12 bits per heavy atom. The number of carbonyl (C=O) groups excluding carboxylic acids is 1. The molecule has 1 aromatic carbocycles. The molecule has 124 valence electrons. The summed E-state index contributed by atoms with van der Waals surface area (Å²) in [6.45, 7) is 4.29. The lowest BCUT2D eigenvalue weighted by atomic mass is 10.1. The maximum atomic E-state index is 12.0. The molecule has 1 N–H and O–H groups in total. The van der Waals surface area contributed by atoms with E-state index in [4.69, 9.17) is 4.42 Å². The second kappa shape index (κ2) is 7.08. The largest absolute Gasteiger partial charge is 0.444 e. The summed E-state index contributed by atoms with van der Waals surface area (Å²) in [5, 5.41) is 6.83. The molecule has 1 amide bonds. The van der Waals surface area contributed by atoms with Crippen LogP contribution in [-0.2, 0) is 11.2 Å².